The van der Waals surface area contributed by atoms with E-state index in [2.05, 4.69) is 18.0 Å². The molecule has 0 rings (SSSR count). The molecule has 8 heteroatoms. The van der Waals surface area contributed by atoms with Gasteiger partial charge in [0.05, 0.1) is 12.7 Å². The second kappa shape index (κ2) is 29.9. The predicted octanol–water partition coefficient (Wildman–Crippen LogP) is 9.88. The molecule has 0 saturated carbocycles. The van der Waals surface area contributed by atoms with Crippen LogP contribution in [0.2, 0.25) is 0 Å². The lowest BCUT2D eigenvalue weighted by Crippen LogP contribution is -2.38. The molecule has 1 atom stereocenters. The molecule has 0 bridgehead atoms. The van der Waals surface area contributed by atoms with E-state index in [9.17, 15) is 23.1 Å². The molecule has 1 unspecified atom stereocenters. The van der Waals surface area contributed by atoms with Gasteiger partial charge in [0, 0.05) is 12.8 Å². The van der Waals surface area contributed by atoms with Crippen molar-refractivity contribution in [3.05, 3.63) is 0 Å². The van der Waals surface area contributed by atoms with Crippen LogP contribution in [-0.2, 0) is 24.2 Å². The van der Waals surface area contributed by atoms with Crippen molar-refractivity contribution < 1.29 is 31.8 Å². The average molecular weight is 633 g/mol. The number of aliphatic hydroxyl groups excluding tert-OH is 1. The molecule has 7 nitrogen and oxygen atoms in total. The molecule has 0 aromatic carbocycles. The van der Waals surface area contributed by atoms with Crippen LogP contribution >= 0.6 is 0 Å². The number of unbranched alkanes of at least 4 members (excludes halogenated alkanes) is 24. The zero-order valence-electron chi connectivity index (χ0n) is 28.0. The molecule has 0 fully saturated rings. The first-order valence-corrected chi connectivity index (χ1v) is 19.4. The number of carbonyl (C=O) groups excluding carboxylic acids is 2. The van der Waals surface area contributed by atoms with Gasteiger partial charge in [-0.3, -0.25) is 14.1 Å². The summed E-state index contributed by atoms with van der Waals surface area (Å²) in [5.74, 6) is -2.04. The number of aliphatic hydroxyl groups is 1. The number of ketones is 2. The third-order valence-corrected chi connectivity index (χ3v) is 8.95. The van der Waals surface area contributed by atoms with Gasteiger partial charge in [-0.2, -0.15) is 8.42 Å². The summed E-state index contributed by atoms with van der Waals surface area (Å²) in [4.78, 5) is 25.9. The van der Waals surface area contributed by atoms with Crippen molar-refractivity contribution in [2.24, 2.45) is 5.92 Å². The van der Waals surface area contributed by atoms with E-state index in [1.165, 1.54) is 116 Å². The van der Waals surface area contributed by atoms with Gasteiger partial charge in [-0.25, -0.2) is 4.18 Å². The first kappa shape index (κ1) is 42.2. The largest absolute Gasteiger partial charge is 0.397 e. The van der Waals surface area contributed by atoms with E-state index in [-0.39, 0.29) is 24.4 Å². The third kappa shape index (κ3) is 28.4. The monoisotopic (exact) mass is 632 g/mol. The molecule has 43 heavy (non-hydrogen) atoms. The highest BCUT2D eigenvalue weighted by molar-refractivity contribution is 7.80. The molecule has 0 radical (unpaired) electrons. The molecule has 0 aromatic rings. The molecule has 0 aliphatic heterocycles. The molecule has 0 aromatic heterocycles. The first-order chi connectivity index (χ1) is 20.7. The summed E-state index contributed by atoms with van der Waals surface area (Å²) in [5.41, 5.74) is 0. The van der Waals surface area contributed by atoms with Crippen LogP contribution in [0, 0.1) is 5.92 Å². The Kier molecular flexibility index (Phi) is 29.3. The zero-order chi connectivity index (χ0) is 32.0. The molecular formula is C35H68O7S. The Morgan fingerprint density at radius 3 is 1.02 bits per heavy atom. The number of carbonyl (C=O) groups is 2. The fourth-order valence-corrected chi connectivity index (χ4v) is 6.12. The van der Waals surface area contributed by atoms with Crippen LogP contribution in [0.4, 0.5) is 0 Å². The van der Waals surface area contributed by atoms with Crippen LogP contribution in [0.15, 0.2) is 0 Å². The standard InChI is InChI=1S/C35H68O7S/c1-3-5-7-9-11-13-15-17-19-21-23-25-27-29-32(36)35(34(38)31-42-43(39,40)41)33(37)30-28-26-24-22-20-18-16-14-12-10-8-6-4-2/h34-35,38H,3-31H2,1-2H3,(H,39,40,41). The highest BCUT2D eigenvalue weighted by atomic mass is 32.3. The molecule has 2 N–H and O–H groups in total. The summed E-state index contributed by atoms with van der Waals surface area (Å²) in [6.45, 7) is 3.67. The van der Waals surface area contributed by atoms with Crippen LogP contribution < -0.4 is 0 Å². The van der Waals surface area contributed by atoms with E-state index in [4.69, 9.17) is 4.55 Å². The minimum Gasteiger partial charge on any atom is -0.389 e. The molecular weight excluding hydrogens is 564 g/mol. The van der Waals surface area contributed by atoms with Crippen molar-refractivity contribution in [2.45, 2.75) is 200 Å². The van der Waals surface area contributed by atoms with Gasteiger partial charge in [-0.15, -0.1) is 0 Å². The van der Waals surface area contributed by atoms with Crippen LogP contribution in [0.3, 0.4) is 0 Å². The minimum atomic E-state index is -4.77. The SMILES string of the molecule is CCCCCCCCCCCCCCCC(=O)C(C(=O)CCCCCCCCCCCCCCC)C(O)COS(=O)(=O)O. The van der Waals surface area contributed by atoms with Crippen molar-refractivity contribution in [3.63, 3.8) is 0 Å². The van der Waals surface area contributed by atoms with E-state index in [1.54, 1.807) is 0 Å². The van der Waals surface area contributed by atoms with Crippen LogP contribution in [-0.4, -0.2) is 42.4 Å². The van der Waals surface area contributed by atoms with E-state index in [1.807, 2.05) is 0 Å². The molecule has 0 amide bonds. The van der Waals surface area contributed by atoms with Crippen LogP contribution in [0.25, 0.3) is 0 Å². The summed E-state index contributed by atoms with van der Waals surface area (Å²) < 4.78 is 35.1. The van der Waals surface area contributed by atoms with E-state index in [0.717, 1.165) is 38.5 Å². The number of rotatable bonds is 34. The lowest BCUT2D eigenvalue weighted by atomic mass is 9.87. The summed E-state index contributed by atoms with van der Waals surface area (Å²) >= 11 is 0. The smallest absolute Gasteiger partial charge is 0.389 e. The van der Waals surface area contributed by atoms with Gasteiger partial charge in [-0.05, 0) is 12.8 Å². The topological polar surface area (TPSA) is 118 Å². The summed E-state index contributed by atoms with van der Waals surface area (Å²) in [6.07, 6.45) is 29.6. The molecule has 0 saturated heterocycles. The number of hydrogen-bond acceptors (Lipinski definition) is 6. The molecule has 0 heterocycles. The normalized spacial score (nSPS) is 12.7. The average Bonchev–Trinajstić information content (AvgIpc) is 2.96. The van der Waals surface area contributed by atoms with Crippen molar-refractivity contribution in [2.75, 3.05) is 6.61 Å². The maximum absolute atomic E-state index is 12.9. The van der Waals surface area contributed by atoms with E-state index >= 15 is 0 Å². The van der Waals surface area contributed by atoms with Gasteiger partial charge in [-0.1, -0.05) is 168 Å². The Hall–Kier alpha value is -0.830. The fourth-order valence-electron chi connectivity index (χ4n) is 5.81. The summed E-state index contributed by atoms with van der Waals surface area (Å²) in [5, 5.41) is 10.5. The Morgan fingerprint density at radius 1 is 0.512 bits per heavy atom. The highest BCUT2D eigenvalue weighted by Crippen LogP contribution is 2.20. The van der Waals surface area contributed by atoms with Gasteiger partial charge < -0.3 is 5.11 Å². The fraction of sp³-hybridized carbons (Fsp3) is 0.943. The second-order valence-corrected chi connectivity index (χ2v) is 13.8. The predicted molar refractivity (Wildman–Crippen MR) is 178 cm³/mol. The van der Waals surface area contributed by atoms with Crippen LogP contribution in [0.1, 0.15) is 194 Å². The van der Waals surface area contributed by atoms with Crippen molar-refractivity contribution in [1.29, 1.82) is 0 Å². The summed E-state index contributed by atoms with van der Waals surface area (Å²) in [7, 11) is -4.77. The lowest BCUT2D eigenvalue weighted by molar-refractivity contribution is -0.138. The molecule has 0 spiro atoms. The summed E-state index contributed by atoms with van der Waals surface area (Å²) in [6, 6.07) is 0. The molecule has 0 aliphatic rings. The first-order valence-electron chi connectivity index (χ1n) is 18.1. The zero-order valence-corrected chi connectivity index (χ0v) is 28.8. The Bertz CT molecular complexity index is 711. The van der Waals surface area contributed by atoms with E-state index in [0.29, 0.717) is 12.8 Å². The van der Waals surface area contributed by atoms with Crippen molar-refractivity contribution >= 4 is 22.0 Å². The van der Waals surface area contributed by atoms with Crippen molar-refractivity contribution in [3.8, 4) is 0 Å². The molecule has 0 aliphatic carbocycles. The highest BCUT2D eigenvalue weighted by Gasteiger charge is 2.33. The van der Waals surface area contributed by atoms with Gasteiger partial charge in [0.15, 0.2) is 0 Å². The quantitative estimate of drug-likeness (QED) is 0.0412. The van der Waals surface area contributed by atoms with Gasteiger partial charge >= 0.3 is 10.4 Å². The Morgan fingerprint density at radius 2 is 0.767 bits per heavy atom. The Labute approximate surface area is 265 Å². The number of Topliss-reactive ketones (excluding diaryl/α,β-unsaturated/α-hetero) is 2. The minimum absolute atomic E-state index is 0.176. The maximum atomic E-state index is 12.9. The van der Waals surface area contributed by atoms with Gasteiger partial charge in [0.2, 0.25) is 0 Å². The maximum Gasteiger partial charge on any atom is 0.397 e. The Balaban J connectivity index is 4.23. The van der Waals surface area contributed by atoms with Gasteiger partial charge in [0.25, 0.3) is 0 Å². The molecule has 256 valence electrons. The van der Waals surface area contributed by atoms with Crippen LogP contribution in [0.5, 0.6) is 0 Å². The second-order valence-electron chi connectivity index (χ2n) is 12.7. The number of hydrogen-bond donors (Lipinski definition) is 2. The van der Waals surface area contributed by atoms with Crippen molar-refractivity contribution in [1.82, 2.24) is 0 Å². The van der Waals surface area contributed by atoms with E-state index < -0.39 is 29.0 Å². The lowest BCUT2D eigenvalue weighted by Gasteiger charge is -2.20. The van der Waals surface area contributed by atoms with Gasteiger partial charge in [0.1, 0.15) is 17.5 Å². The third-order valence-electron chi connectivity index (χ3n) is 8.52.